The molecule has 21 heavy (non-hydrogen) atoms. The van der Waals surface area contributed by atoms with Gasteiger partial charge in [-0.25, -0.2) is 4.39 Å². The lowest BCUT2D eigenvalue weighted by molar-refractivity contribution is 0.547. The molecule has 0 fully saturated rings. The van der Waals surface area contributed by atoms with Crippen molar-refractivity contribution in [2.24, 2.45) is 0 Å². The predicted molar refractivity (Wildman–Crippen MR) is 87.7 cm³/mol. The van der Waals surface area contributed by atoms with Crippen LogP contribution in [0.2, 0.25) is 10.0 Å². The van der Waals surface area contributed by atoms with E-state index in [1.807, 2.05) is 32.0 Å². The molecule has 0 aliphatic carbocycles. The predicted octanol–water partition coefficient (Wildman–Crippen LogP) is 5.33. The molecular formula is C17H18Cl2FN. The maximum absolute atomic E-state index is 13.2. The molecule has 0 aliphatic rings. The summed E-state index contributed by atoms with van der Waals surface area (Å²) in [5.41, 5.74) is 3.00. The standard InChI is InChI=1S/C17H18Cl2FN/c1-3-21-16(14-5-4-6-15(18)17(14)19)10-12-7-8-13(20)9-11(12)2/h4-9,16,21H,3,10H2,1-2H3. The summed E-state index contributed by atoms with van der Waals surface area (Å²) in [6.07, 6.45) is 0.736. The van der Waals surface area contributed by atoms with Crippen molar-refractivity contribution >= 4 is 23.2 Å². The van der Waals surface area contributed by atoms with Crippen molar-refractivity contribution in [1.29, 1.82) is 0 Å². The van der Waals surface area contributed by atoms with E-state index in [0.717, 1.165) is 29.7 Å². The summed E-state index contributed by atoms with van der Waals surface area (Å²) in [4.78, 5) is 0. The first-order valence-electron chi connectivity index (χ1n) is 6.95. The maximum Gasteiger partial charge on any atom is 0.123 e. The van der Waals surface area contributed by atoms with Gasteiger partial charge in [-0.05, 0) is 54.8 Å². The van der Waals surface area contributed by atoms with Gasteiger partial charge < -0.3 is 5.32 Å². The third kappa shape index (κ3) is 3.97. The lowest BCUT2D eigenvalue weighted by atomic mass is 9.96. The molecule has 2 aromatic carbocycles. The van der Waals surface area contributed by atoms with Gasteiger partial charge in [-0.2, -0.15) is 0 Å². The molecule has 4 heteroatoms. The van der Waals surface area contributed by atoms with E-state index in [-0.39, 0.29) is 11.9 Å². The van der Waals surface area contributed by atoms with E-state index < -0.39 is 0 Å². The van der Waals surface area contributed by atoms with Crippen molar-refractivity contribution in [3.05, 3.63) is 69.0 Å². The average molecular weight is 326 g/mol. The van der Waals surface area contributed by atoms with Gasteiger partial charge in [0, 0.05) is 6.04 Å². The first kappa shape index (κ1) is 16.3. The Hall–Kier alpha value is -1.09. The molecule has 1 nitrogen and oxygen atoms in total. The summed E-state index contributed by atoms with van der Waals surface area (Å²) in [6.45, 7) is 4.78. The van der Waals surface area contributed by atoms with E-state index in [4.69, 9.17) is 23.2 Å². The summed E-state index contributed by atoms with van der Waals surface area (Å²) in [6, 6.07) is 10.6. The minimum Gasteiger partial charge on any atom is -0.310 e. The molecule has 1 N–H and O–H groups in total. The molecule has 0 heterocycles. The van der Waals surface area contributed by atoms with Crippen LogP contribution in [-0.4, -0.2) is 6.54 Å². The number of likely N-dealkylation sites (N-methyl/N-ethyl adjacent to an activating group) is 1. The molecular weight excluding hydrogens is 308 g/mol. The van der Waals surface area contributed by atoms with E-state index >= 15 is 0 Å². The lowest BCUT2D eigenvalue weighted by Crippen LogP contribution is -2.23. The highest BCUT2D eigenvalue weighted by Crippen LogP contribution is 2.32. The SMILES string of the molecule is CCNC(Cc1ccc(F)cc1C)c1cccc(Cl)c1Cl. The van der Waals surface area contributed by atoms with Crippen molar-refractivity contribution in [2.45, 2.75) is 26.3 Å². The van der Waals surface area contributed by atoms with Crippen molar-refractivity contribution in [3.63, 3.8) is 0 Å². The molecule has 112 valence electrons. The molecule has 2 aromatic rings. The van der Waals surface area contributed by atoms with E-state index in [9.17, 15) is 4.39 Å². The number of halogens is 3. The van der Waals surface area contributed by atoms with Crippen LogP contribution in [0.15, 0.2) is 36.4 Å². The molecule has 0 saturated carbocycles. The van der Waals surface area contributed by atoms with Crippen LogP contribution in [0.5, 0.6) is 0 Å². The quantitative estimate of drug-likeness (QED) is 0.782. The van der Waals surface area contributed by atoms with E-state index in [1.165, 1.54) is 6.07 Å². The van der Waals surface area contributed by atoms with E-state index in [2.05, 4.69) is 5.32 Å². The molecule has 0 aliphatic heterocycles. The molecule has 1 unspecified atom stereocenters. The summed E-state index contributed by atoms with van der Waals surface area (Å²) in [5.74, 6) is -0.211. The van der Waals surface area contributed by atoms with Crippen molar-refractivity contribution in [3.8, 4) is 0 Å². The van der Waals surface area contributed by atoms with Crippen molar-refractivity contribution in [2.75, 3.05) is 6.54 Å². The van der Waals surface area contributed by atoms with Crippen LogP contribution in [0, 0.1) is 12.7 Å². The summed E-state index contributed by atoms with van der Waals surface area (Å²) >= 11 is 12.4. The zero-order valence-corrected chi connectivity index (χ0v) is 13.6. The Balaban J connectivity index is 2.33. The first-order valence-corrected chi connectivity index (χ1v) is 7.70. The van der Waals surface area contributed by atoms with Gasteiger partial charge in [0.2, 0.25) is 0 Å². The fourth-order valence-electron chi connectivity index (χ4n) is 2.44. The third-order valence-electron chi connectivity index (χ3n) is 3.54. The number of rotatable bonds is 5. The Bertz CT molecular complexity index is 628. The highest BCUT2D eigenvalue weighted by molar-refractivity contribution is 6.42. The van der Waals surface area contributed by atoms with Crippen LogP contribution in [0.4, 0.5) is 4.39 Å². The molecule has 0 bridgehead atoms. The van der Waals surface area contributed by atoms with Gasteiger partial charge in [-0.1, -0.05) is 48.3 Å². The average Bonchev–Trinajstić information content (AvgIpc) is 2.44. The normalized spacial score (nSPS) is 12.4. The van der Waals surface area contributed by atoms with Crippen LogP contribution < -0.4 is 5.32 Å². The smallest absolute Gasteiger partial charge is 0.123 e. The second-order valence-corrected chi connectivity index (χ2v) is 5.81. The van der Waals surface area contributed by atoms with Gasteiger partial charge in [0.05, 0.1) is 10.0 Å². The first-order chi connectivity index (χ1) is 10.0. The third-order valence-corrected chi connectivity index (χ3v) is 4.37. The van der Waals surface area contributed by atoms with Gasteiger partial charge in [0.1, 0.15) is 5.82 Å². The molecule has 0 amide bonds. The van der Waals surface area contributed by atoms with Gasteiger partial charge in [-0.3, -0.25) is 0 Å². The highest BCUT2D eigenvalue weighted by Gasteiger charge is 2.17. The Morgan fingerprint density at radius 2 is 1.95 bits per heavy atom. The van der Waals surface area contributed by atoms with Crippen LogP contribution in [-0.2, 0) is 6.42 Å². The van der Waals surface area contributed by atoms with Crippen LogP contribution in [0.25, 0.3) is 0 Å². The molecule has 0 spiro atoms. The molecule has 2 rings (SSSR count). The van der Waals surface area contributed by atoms with Crippen molar-refractivity contribution < 1.29 is 4.39 Å². The Morgan fingerprint density at radius 1 is 1.19 bits per heavy atom. The second kappa shape index (κ2) is 7.26. The molecule has 1 atom stereocenters. The number of nitrogens with one attached hydrogen (secondary N) is 1. The number of aryl methyl sites for hydroxylation is 1. The van der Waals surface area contributed by atoms with Gasteiger partial charge in [-0.15, -0.1) is 0 Å². The van der Waals surface area contributed by atoms with Crippen LogP contribution >= 0.6 is 23.2 Å². The summed E-state index contributed by atoms with van der Waals surface area (Å²) in [5, 5.41) is 4.54. The Morgan fingerprint density at radius 3 is 2.62 bits per heavy atom. The Kier molecular flexibility index (Phi) is 5.63. The minimum atomic E-state index is -0.211. The van der Waals surface area contributed by atoms with Gasteiger partial charge in [0.15, 0.2) is 0 Å². The number of benzene rings is 2. The monoisotopic (exact) mass is 325 g/mol. The molecule has 0 aromatic heterocycles. The maximum atomic E-state index is 13.2. The number of hydrogen-bond donors (Lipinski definition) is 1. The van der Waals surface area contributed by atoms with E-state index in [0.29, 0.717) is 10.0 Å². The van der Waals surface area contributed by atoms with Crippen LogP contribution in [0.1, 0.15) is 29.7 Å². The molecule has 0 saturated heterocycles. The summed E-state index contributed by atoms with van der Waals surface area (Å²) in [7, 11) is 0. The summed E-state index contributed by atoms with van der Waals surface area (Å²) < 4.78 is 13.2. The number of hydrogen-bond acceptors (Lipinski definition) is 1. The lowest BCUT2D eigenvalue weighted by Gasteiger charge is -2.21. The van der Waals surface area contributed by atoms with Gasteiger partial charge >= 0.3 is 0 Å². The zero-order valence-electron chi connectivity index (χ0n) is 12.1. The van der Waals surface area contributed by atoms with Gasteiger partial charge in [0.25, 0.3) is 0 Å². The fourth-order valence-corrected chi connectivity index (χ4v) is 2.88. The second-order valence-electron chi connectivity index (χ2n) is 5.03. The Labute approximate surface area is 135 Å². The molecule has 0 radical (unpaired) electrons. The topological polar surface area (TPSA) is 12.0 Å². The largest absolute Gasteiger partial charge is 0.310 e. The van der Waals surface area contributed by atoms with Crippen molar-refractivity contribution in [1.82, 2.24) is 5.32 Å². The minimum absolute atomic E-state index is 0.0466. The zero-order chi connectivity index (χ0) is 15.4. The fraction of sp³-hybridized carbons (Fsp3) is 0.294. The van der Waals surface area contributed by atoms with Crippen LogP contribution in [0.3, 0.4) is 0 Å². The van der Waals surface area contributed by atoms with E-state index in [1.54, 1.807) is 12.1 Å². The highest BCUT2D eigenvalue weighted by atomic mass is 35.5.